The third-order valence-electron chi connectivity index (χ3n) is 5.57. The number of pyridine rings is 1. The van der Waals surface area contributed by atoms with Gasteiger partial charge in [-0.25, -0.2) is 36.7 Å². The van der Waals surface area contributed by atoms with Crippen molar-refractivity contribution in [3.05, 3.63) is 30.7 Å². The highest BCUT2D eigenvalue weighted by molar-refractivity contribution is 7.94. The van der Waals surface area contributed by atoms with Crippen LogP contribution in [0.1, 0.15) is 0 Å². The zero-order valence-corrected chi connectivity index (χ0v) is 21.2. The van der Waals surface area contributed by atoms with Gasteiger partial charge >= 0.3 is 12.1 Å². The number of nitrogens with two attached hydrogens (primary N) is 1. The molecular weight excluding hydrogens is 571 g/mol. The lowest BCUT2D eigenvalue weighted by atomic mass is 10.0. The van der Waals surface area contributed by atoms with Crippen molar-refractivity contribution in [2.45, 2.75) is 21.2 Å². The molecule has 1 fully saturated rings. The van der Waals surface area contributed by atoms with Crippen LogP contribution < -0.4 is 10.5 Å². The molecular formula is C19H18F3N9O6S2. The van der Waals surface area contributed by atoms with E-state index in [4.69, 9.17) is 15.0 Å². The van der Waals surface area contributed by atoms with Gasteiger partial charge in [0.05, 0.1) is 22.0 Å². The molecule has 0 bridgehead atoms. The number of aryl methyl sites for hydroxylation is 1. The average molecular weight is 590 g/mol. The van der Waals surface area contributed by atoms with Crippen LogP contribution in [0.3, 0.4) is 0 Å². The van der Waals surface area contributed by atoms with Gasteiger partial charge in [0.2, 0.25) is 15.8 Å². The monoisotopic (exact) mass is 589 g/mol. The van der Waals surface area contributed by atoms with Crippen LogP contribution in [0.5, 0.6) is 0 Å². The van der Waals surface area contributed by atoms with E-state index < -0.39 is 47.0 Å². The van der Waals surface area contributed by atoms with E-state index in [1.807, 2.05) is 0 Å². The lowest BCUT2D eigenvalue weighted by molar-refractivity contribution is -0.192. The van der Waals surface area contributed by atoms with Crippen molar-refractivity contribution in [3.63, 3.8) is 0 Å². The second-order valence-corrected chi connectivity index (χ2v) is 11.8. The smallest absolute Gasteiger partial charge is 0.475 e. The number of tetrazole rings is 1. The van der Waals surface area contributed by atoms with Gasteiger partial charge in [-0.2, -0.15) is 18.4 Å². The molecule has 0 atom stereocenters. The highest BCUT2D eigenvalue weighted by Gasteiger charge is 2.39. The number of nitrogens with zero attached hydrogens (tertiary/aromatic N) is 6. The second kappa shape index (κ2) is 9.94. The van der Waals surface area contributed by atoms with Crippen LogP contribution in [0.4, 0.5) is 13.2 Å². The highest BCUT2D eigenvalue weighted by Crippen LogP contribution is 2.40. The molecule has 20 heteroatoms. The highest BCUT2D eigenvalue weighted by atomic mass is 32.2. The Morgan fingerprint density at radius 2 is 1.85 bits per heavy atom. The van der Waals surface area contributed by atoms with Crippen LogP contribution in [0.2, 0.25) is 0 Å². The van der Waals surface area contributed by atoms with Crippen LogP contribution in [0.15, 0.2) is 40.5 Å². The number of carboxylic acids is 1. The summed E-state index contributed by atoms with van der Waals surface area (Å²) in [7, 11) is -6.73. The van der Waals surface area contributed by atoms with E-state index in [9.17, 15) is 30.0 Å². The molecule has 3 aromatic heterocycles. The Morgan fingerprint density at radius 3 is 2.36 bits per heavy atom. The van der Waals surface area contributed by atoms with Crippen molar-refractivity contribution in [3.8, 4) is 22.5 Å². The number of imidazole rings is 1. The Bertz CT molecular complexity index is 1770. The van der Waals surface area contributed by atoms with Gasteiger partial charge in [-0.15, -0.1) is 10.2 Å². The van der Waals surface area contributed by atoms with Gasteiger partial charge in [-0.05, 0) is 22.9 Å². The predicted molar refractivity (Wildman–Crippen MR) is 126 cm³/mol. The van der Waals surface area contributed by atoms with E-state index in [1.54, 1.807) is 24.0 Å². The normalized spacial score (nSPS) is 14.5. The zero-order chi connectivity index (χ0) is 28.8. The molecule has 0 radical (unpaired) electrons. The van der Waals surface area contributed by atoms with Crippen LogP contribution in [0.25, 0.3) is 33.7 Å². The van der Waals surface area contributed by atoms with E-state index in [0.29, 0.717) is 22.3 Å². The number of nitrogens with one attached hydrogen (secondary N) is 2. The van der Waals surface area contributed by atoms with Gasteiger partial charge < -0.3 is 15.0 Å². The maximum absolute atomic E-state index is 13.2. The number of sulfone groups is 1. The number of carboxylic acid groups (broad SMARTS) is 1. The minimum Gasteiger partial charge on any atom is -0.475 e. The number of aromatic nitrogens is 7. The summed E-state index contributed by atoms with van der Waals surface area (Å²) in [5.74, 6) is -2.87. The second-order valence-electron chi connectivity index (χ2n) is 8.15. The summed E-state index contributed by atoms with van der Waals surface area (Å²) in [6, 6.07) is 4.44. The van der Waals surface area contributed by atoms with Gasteiger partial charge in [-0.3, -0.25) is 0 Å². The minimum absolute atomic E-state index is 0.0771. The standard InChI is InChI=1S/C17H17N9O4S2.C2HF3O2/c1-26-8-21-12-4-9(5-20-17(12)26)11-2-3-13(31(27,28)10-6-19-7-10)15(32(18,29)30)14(11)16-22-24-25-23-16;3-2(4,5)1(6)7/h2-5,8,10,19H,6-7H2,1H3,(H2,18,29,30)(H,22,23,24,25);(H,6,7). The summed E-state index contributed by atoms with van der Waals surface area (Å²) in [5.41, 5.74) is 1.92. The fourth-order valence-corrected chi connectivity index (χ4v) is 6.81. The molecule has 1 aromatic carbocycles. The Kier molecular flexibility index (Phi) is 7.14. The van der Waals surface area contributed by atoms with Crippen molar-refractivity contribution in [1.29, 1.82) is 0 Å². The van der Waals surface area contributed by atoms with Crippen molar-refractivity contribution < 1.29 is 39.9 Å². The Balaban J connectivity index is 0.000000448. The van der Waals surface area contributed by atoms with Crippen molar-refractivity contribution >= 4 is 37.0 Å². The van der Waals surface area contributed by atoms with E-state index in [1.165, 1.54) is 18.3 Å². The van der Waals surface area contributed by atoms with Crippen LogP contribution in [-0.2, 0) is 31.7 Å². The number of halogens is 3. The summed E-state index contributed by atoms with van der Waals surface area (Å²) in [4.78, 5) is 16.6. The minimum atomic E-state index is -5.08. The molecule has 1 aliphatic heterocycles. The fraction of sp³-hybridized carbons (Fsp3) is 0.263. The van der Waals surface area contributed by atoms with Gasteiger partial charge in [0.15, 0.2) is 15.5 Å². The van der Waals surface area contributed by atoms with E-state index in [-0.39, 0.29) is 24.5 Å². The predicted octanol–water partition coefficient (Wildman–Crippen LogP) is -0.158. The number of alkyl halides is 3. The lowest BCUT2D eigenvalue weighted by Crippen LogP contribution is -2.51. The molecule has 208 valence electrons. The molecule has 4 heterocycles. The first-order chi connectivity index (χ1) is 18.1. The number of primary sulfonamides is 1. The molecule has 15 nitrogen and oxygen atoms in total. The largest absolute Gasteiger partial charge is 0.490 e. The van der Waals surface area contributed by atoms with Crippen molar-refractivity contribution in [2.75, 3.05) is 13.1 Å². The number of rotatable bonds is 5. The molecule has 0 aliphatic carbocycles. The number of carbonyl (C=O) groups is 1. The van der Waals surface area contributed by atoms with Gasteiger partial charge in [0.1, 0.15) is 10.4 Å². The first kappa shape index (κ1) is 28.0. The summed E-state index contributed by atoms with van der Waals surface area (Å²) < 4.78 is 85.3. The first-order valence-corrected chi connectivity index (χ1v) is 13.7. The Labute approximate surface area is 217 Å². The van der Waals surface area contributed by atoms with Crippen LogP contribution in [0, 0.1) is 0 Å². The molecule has 0 amide bonds. The molecule has 0 saturated carbocycles. The number of hydrogen-bond donors (Lipinski definition) is 4. The van der Waals surface area contributed by atoms with Crippen molar-refractivity contribution in [1.82, 2.24) is 40.5 Å². The summed E-state index contributed by atoms with van der Waals surface area (Å²) >= 11 is 0. The number of fused-ring (bicyclic) bond motifs is 1. The summed E-state index contributed by atoms with van der Waals surface area (Å²) in [6.07, 6.45) is -1.96. The molecule has 39 heavy (non-hydrogen) atoms. The number of aromatic amines is 1. The average Bonchev–Trinajstić information content (AvgIpc) is 3.46. The number of aliphatic carboxylic acids is 1. The molecule has 1 saturated heterocycles. The number of H-pyrrole nitrogens is 1. The van der Waals surface area contributed by atoms with E-state index in [0.717, 1.165) is 0 Å². The third-order valence-corrected chi connectivity index (χ3v) is 8.86. The quantitative estimate of drug-likeness (QED) is 0.238. The third kappa shape index (κ3) is 5.44. The maximum Gasteiger partial charge on any atom is 0.490 e. The van der Waals surface area contributed by atoms with Gasteiger partial charge in [0, 0.05) is 31.9 Å². The molecule has 0 unspecified atom stereocenters. The Hall–Kier alpha value is -4.01. The summed E-state index contributed by atoms with van der Waals surface area (Å²) in [6.45, 7) is 0.428. The number of hydrogen-bond acceptors (Lipinski definition) is 11. The van der Waals surface area contributed by atoms with E-state index in [2.05, 4.69) is 35.9 Å². The topological polar surface area (TPSA) is 229 Å². The molecule has 5 rings (SSSR count). The summed E-state index contributed by atoms with van der Waals surface area (Å²) in [5, 5.41) is 28.3. The zero-order valence-electron chi connectivity index (χ0n) is 19.6. The first-order valence-electron chi connectivity index (χ1n) is 10.6. The molecule has 4 aromatic rings. The van der Waals surface area contributed by atoms with E-state index >= 15 is 0 Å². The maximum atomic E-state index is 13.2. The fourth-order valence-electron chi connectivity index (χ4n) is 3.62. The molecule has 0 spiro atoms. The molecule has 5 N–H and O–H groups in total. The van der Waals surface area contributed by atoms with Gasteiger partial charge in [0.25, 0.3) is 0 Å². The van der Waals surface area contributed by atoms with Crippen LogP contribution >= 0.6 is 0 Å². The van der Waals surface area contributed by atoms with Gasteiger partial charge in [-0.1, -0.05) is 6.07 Å². The Morgan fingerprint density at radius 1 is 1.18 bits per heavy atom. The van der Waals surface area contributed by atoms with Crippen LogP contribution in [-0.4, -0.2) is 87.6 Å². The molecule has 1 aliphatic rings. The number of sulfonamides is 1. The lowest BCUT2D eigenvalue weighted by Gasteiger charge is -2.28. The SMILES string of the molecule is Cn1cnc2cc(-c3ccc(S(=O)(=O)C4CNC4)c(S(N)(=O)=O)c3-c3nn[nH]n3)cnc21.O=C(O)C(F)(F)F. The van der Waals surface area contributed by atoms with Crippen molar-refractivity contribution in [2.24, 2.45) is 12.2 Å². The number of benzene rings is 1.